The summed E-state index contributed by atoms with van der Waals surface area (Å²) in [4.78, 5) is 4.14. The van der Waals surface area contributed by atoms with Crippen molar-refractivity contribution in [2.45, 2.75) is 32.8 Å². The Bertz CT molecular complexity index is 140. The number of hydrogen-bond acceptors (Lipinski definition) is 2. The Morgan fingerprint density at radius 1 is 1.73 bits per heavy atom. The largest absolute Gasteiger partial charge is 0.376 e. The van der Waals surface area contributed by atoms with E-state index in [0.717, 1.165) is 18.5 Å². The molecule has 0 aromatic rings. The van der Waals surface area contributed by atoms with Crippen LogP contribution < -0.4 is 0 Å². The van der Waals surface area contributed by atoms with Gasteiger partial charge in [-0.05, 0) is 13.3 Å². The number of nitrogens with zero attached hydrogens (tertiary/aromatic N) is 1. The van der Waals surface area contributed by atoms with Gasteiger partial charge in [-0.15, -0.1) is 0 Å². The number of allylic oxidation sites excluding steroid dienone is 1. The molecule has 0 radical (unpaired) electrons. The van der Waals surface area contributed by atoms with Crippen LogP contribution in [-0.4, -0.2) is 19.4 Å². The summed E-state index contributed by atoms with van der Waals surface area (Å²) in [7, 11) is 1.67. The molecule has 0 fully saturated rings. The van der Waals surface area contributed by atoms with Gasteiger partial charge in [-0.25, -0.2) is 0 Å². The van der Waals surface area contributed by atoms with Gasteiger partial charge in [-0.1, -0.05) is 19.9 Å². The number of aliphatic imine (C=N–C) groups is 1. The second-order valence-electron chi connectivity index (χ2n) is 2.54. The van der Waals surface area contributed by atoms with Crippen molar-refractivity contribution in [2.75, 3.05) is 7.11 Å². The van der Waals surface area contributed by atoms with Crippen molar-refractivity contribution in [2.24, 2.45) is 4.99 Å². The molecule has 0 saturated heterocycles. The minimum atomic E-state index is 0.0867. The van der Waals surface area contributed by atoms with Crippen LogP contribution in [-0.2, 0) is 4.74 Å². The van der Waals surface area contributed by atoms with Crippen LogP contribution in [0.3, 0.4) is 0 Å². The van der Waals surface area contributed by atoms with Gasteiger partial charge >= 0.3 is 0 Å². The first-order valence-corrected chi connectivity index (χ1v) is 3.95. The maximum absolute atomic E-state index is 4.99. The first kappa shape index (κ1) is 10.4. The average molecular weight is 155 g/mol. The van der Waals surface area contributed by atoms with Crippen LogP contribution in [0, 0.1) is 0 Å². The van der Waals surface area contributed by atoms with E-state index < -0.39 is 0 Å². The first-order valence-electron chi connectivity index (χ1n) is 3.95. The standard InChI is InChI=1S/C9H17NO/c1-5-6-8(2)10-7-9(3)11-4/h7,9H,2,5-6H2,1,3-4H3/b10-7-/t9-/m1/s1. The molecule has 0 spiro atoms. The van der Waals surface area contributed by atoms with Crippen LogP contribution >= 0.6 is 0 Å². The van der Waals surface area contributed by atoms with Crippen LogP contribution in [0.1, 0.15) is 26.7 Å². The Balaban J connectivity index is 3.63. The summed E-state index contributed by atoms with van der Waals surface area (Å²) in [6.45, 7) is 7.86. The predicted molar refractivity (Wildman–Crippen MR) is 49.0 cm³/mol. The summed E-state index contributed by atoms with van der Waals surface area (Å²) in [5.74, 6) is 0. The molecule has 0 aromatic heterocycles. The van der Waals surface area contributed by atoms with Gasteiger partial charge in [0.1, 0.15) is 0 Å². The molecule has 0 unspecified atom stereocenters. The van der Waals surface area contributed by atoms with Crippen LogP contribution in [0.2, 0.25) is 0 Å². The third-order valence-corrected chi connectivity index (χ3v) is 1.38. The predicted octanol–water partition coefficient (Wildman–Crippen LogP) is 2.41. The Morgan fingerprint density at radius 3 is 2.82 bits per heavy atom. The molecule has 0 heterocycles. The molecule has 64 valence electrons. The van der Waals surface area contributed by atoms with Crippen molar-refractivity contribution in [3.63, 3.8) is 0 Å². The fourth-order valence-electron chi connectivity index (χ4n) is 0.624. The molecule has 2 heteroatoms. The van der Waals surface area contributed by atoms with E-state index in [4.69, 9.17) is 4.74 Å². The summed E-state index contributed by atoms with van der Waals surface area (Å²) in [6.07, 6.45) is 3.92. The minimum absolute atomic E-state index is 0.0867. The lowest BCUT2D eigenvalue weighted by Gasteiger charge is -2.01. The monoisotopic (exact) mass is 155 g/mol. The summed E-state index contributed by atoms with van der Waals surface area (Å²) in [5.41, 5.74) is 0.927. The number of methoxy groups -OCH3 is 1. The van der Waals surface area contributed by atoms with Gasteiger partial charge < -0.3 is 4.74 Å². The topological polar surface area (TPSA) is 21.6 Å². The van der Waals surface area contributed by atoms with E-state index in [1.165, 1.54) is 0 Å². The van der Waals surface area contributed by atoms with Gasteiger partial charge in [-0.3, -0.25) is 4.99 Å². The highest BCUT2D eigenvalue weighted by Gasteiger charge is 1.92. The lowest BCUT2D eigenvalue weighted by atomic mass is 10.3. The van der Waals surface area contributed by atoms with E-state index in [1.54, 1.807) is 13.3 Å². The van der Waals surface area contributed by atoms with Crippen LogP contribution in [0.15, 0.2) is 17.3 Å². The molecule has 0 aliphatic carbocycles. The van der Waals surface area contributed by atoms with Crippen molar-refractivity contribution in [1.82, 2.24) is 0 Å². The maximum Gasteiger partial charge on any atom is 0.0894 e. The van der Waals surface area contributed by atoms with E-state index in [1.807, 2.05) is 6.92 Å². The molecule has 0 amide bonds. The zero-order valence-corrected chi connectivity index (χ0v) is 7.63. The van der Waals surface area contributed by atoms with Gasteiger partial charge in [0.15, 0.2) is 0 Å². The van der Waals surface area contributed by atoms with E-state index in [-0.39, 0.29) is 6.10 Å². The third-order valence-electron chi connectivity index (χ3n) is 1.38. The number of rotatable bonds is 5. The molecule has 0 rings (SSSR count). The van der Waals surface area contributed by atoms with E-state index in [0.29, 0.717) is 0 Å². The van der Waals surface area contributed by atoms with Gasteiger partial charge in [0, 0.05) is 19.0 Å². The number of ether oxygens (including phenoxy) is 1. The molecule has 2 nitrogen and oxygen atoms in total. The SMILES string of the molecule is C=C(CCC)/N=C\[C@@H](C)OC. The zero-order chi connectivity index (χ0) is 8.69. The van der Waals surface area contributed by atoms with Crippen molar-refractivity contribution < 1.29 is 4.74 Å². The van der Waals surface area contributed by atoms with Gasteiger partial charge in [0.25, 0.3) is 0 Å². The number of hydrogen-bond donors (Lipinski definition) is 0. The maximum atomic E-state index is 4.99. The van der Waals surface area contributed by atoms with Crippen LogP contribution in [0.5, 0.6) is 0 Å². The summed E-state index contributed by atoms with van der Waals surface area (Å²) in [6, 6.07) is 0. The molecular formula is C9H17NO. The van der Waals surface area contributed by atoms with E-state index in [9.17, 15) is 0 Å². The van der Waals surface area contributed by atoms with E-state index in [2.05, 4.69) is 18.5 Å². The molecule has 0 bridgehead atoms. The normalized spacial score (nSPS) is 13.7. The van der Waals surface area contributed by atoms with Gasteiger partial charge in [0.05, 0.1) is 6.10 Å². The molecule has 0 N–H and O–H groups in total. The van der Waals surface area contributed by atoms with Crippen molar-refractivity contribution in [3.8, 4) is 0 Å². The smallest absolute Gasteiger partial charge is 0.0894 e. The molecule has 0 aliphatic heterocycles. The first-order chi connectivity index (χ1) is 5.20. The van der Waals surface area contributed by atoms with Crippen LogP contribution in [0.4, 0.5) is 0 Å². The van der Waals surface area contributed by atoms with Crippen molar-refractivity contribution in [3.05, 3.63) is 12.3 Å². The lowest BCUT2D eigenvalue weighted by Crippen LogP contribution is -2.05. The Morgan fingerprint density at radius 2 is 2.36 bits per heavy atom. The molecule has 0 aliphatic rings. The lowest BCUT2D eigenvalue weighted by molar-refractivity contribution is 0.174. The summed E-state index contributed by atoms with van der Waals surface area (Å²) in [5, 5.41) is 0. The second-order valence-corrected chi connectivity index (χ2v) is 2.54. The highest BCUT2D eigenvalue weighted by molar-refractivity contribution is 5.63. The average Bonchev–Trinajstić information content (AvgIpc) is 2.01. The highest BCUT2D eigenvalue weighted by Crippen LogP contribution is 2.01. The van der Waals surface area contributed by atoms with E-state index >= 15 is 0 Å². The second kappa shape index (κ2) is 6.10. The van der Waals surface area contributed by atoms with Crippen molar-refractivity contribution in [1.29, 1.82) is 0 Å². The Labute approximate surface area is 69.0 Å². The fourth-order valence-corrected chi connectivity index (χ4v) is 0.624. The molecule has 11 heavy (non-hydrogen) atoms. The van der Waals surface area contributed by atoms with Gasteiger partial charge in [-0.2, -0.15) is 0 Å². The fraction of sp³-hybridized carbons (Fsp3) is 0.667. The molecule has 0 saturated carbocycles. The molecular weight excluding hydrogens is 138 g/mol. The summed E-state index contributed by atoms with van der Waals surface area (Å²) < 4.78 is 4.99. The Kier molecular flexibility index (Phi) is 5.75. The van der Waals surface area contributed by atoms with Crippen LogP contribution in [0.25, 0.3) is 0 Å². The van der Waals surface area contributed by atoms with Crippen molar-refractivity contribution >= 4 is 6.21 Å². The molecule has 0 aromatic carbocycles. The minimum Gasteiger partial charge on any atom is -0.376 e. The Hall–Kier alpha value is -0.630. The van der Waals surface area contributed by atoms with Gasteiger partial charge in [0.2, 0.25) is 0 Å². The third kappa shape index (κ3) is 5.80. The summed E-state index contributed by atoms with van der Waals surface area (Å²) >= 11 is 0. The molecule has 1 atom stereocenters. The quantitative estimate of drug-likeness (QED) is 0.559. The highest BCUT2D eigenvalue weighted by atomic mass is 16.5. The zero-order valence-electron chi connectivity index (χ0n) is 7.63.